The summed E-state index contributed by atoms with van der Waals surface area (Å²) in [6, 6.07) is 13.9. The van der Waals surface area contributed by atoms with Crippen molar-refractivity contribution in [2.24, 2.45) is 0 Å². The van der Waals surface area contributed by atoms with Gasteiger partial charge in [0.05, 0.1) is 33.0 Å². The van der Waals surface area contributed by atoms with Crippen molar-refractivity contribution in [1.29, 1.82) is 0 Å². The molecule has 5 heteroatoms. The van der Waals surface area contributed by atoms with Crippen molar-refractivity contribution in [2.45, 2.75) is 0 Å². The molecule has 3 aromatic heterocycles. The van der Waals surface area contributed by atoms with Gasteiger partial charge in [0.25, 0.3) is 0 Å². The molecule has 44 heavy (non-hydrogen) atoms. The monoisotopic (exact) mass is 576 g/mol. The summed E-state index contributed by atoms with van der Waals surface area (Å²) in [6.07, 6.45) is 0. The molecule has 9 rings (SSSR count). The molecule has 206 valence electrons. The Morgan fingerprint density at radius 2 is 1.23 bits per heavy atom. The van der Waals surface area contributed by atoms with Crippen LogP contribution in [0, 0.1) is 0 Å². The molecule has 0 radical (unpaired) electrons. The van der Waals surface area contributed by atoms with Gasteiger partial charge in [-0.05, 0) is 36.3 Å². The highest BCUT2D eigenvalue weighted by atomic mass is 16.3. The molecule has 0 aliphatic carbocycles. The Bertz CT molecular complexity index is 3150. The summed E-state index contributed by atoms with van der Waals surface area (Å²) in [4.78, 5) is 14.5. The number of rotatable bonds is 4. The van der Waals surface area contributed by atoms with E-state index < -0.39 is 78.2 Å². The molecule has 0 aliphatic rings. The highest BCUT2D eigenvalue weighted by Crippen LogP contribution is 2.39. The Morgan fingerprint density at radius 1 is 0.523 bits per heavy atom. The first-order chi connectivity index (χ1) is 26.8. The lowest BCUT2D eigenvalue weighted by Gasteiger charge is -2.12. The third kappa shape index (κ3) is 3.76. The minimum absolute atomic E-state index is 0.0993. The van der Waals surface area contributed by atoms with Crippen LogP contribution < -0.4 is 0 Å². The van der Waals surface area contributed by atoms with Gasteiger partial charge in [-0.15, -0.1) is 0 Å². The van der Waals surface area contributed by atoms with Crippen LogP contribution in [0.3, 0.4) is 0 Å². The number of para-hydroxylation sites is 5. The Labute approximate surface area is 269 Å². The first-order valence-electron chi connectivity index (χ1n) is 19.7. The smallest absolute Gasteiger partial charge is 0.167 e. The predicted octanol–water partition coefficient (Wildman–Crippen LogP) is 9.87. The largest absolute Gasteiger partial charge is 0.455 e. The van der Waals surface area contributed by atoms with Crippen molar-refractivity contribution >= 4 is 43.7 Å². The molecule has 0 bridgehead atoms. The molecule has 0 atom stereocenters. The number of fused-ring (bicyclic) bond motifs is 6. The van der Waals surface area contributed by atoms with Crippen LogP contribution in [-0.2, 0) is 0 Å². The van der Waals surface area contributed by atoms with E-state index in [2.05, 4.69) is 0 Å². The summed E-state index contributed by atoms with van der Waals surface area (Å²) >= 11 is 0. The van der Waals surface area contributed by atoms with Gasteiger partial charge in [-0.25, -0.2) is 15.0 Å². The fourth-order valence-electron chi connectivity index (χ4n) is 5.56. The van der Waals surface area contributed by atoms with Crippen LogP contribution in [0.1, 0.15) is 16.4 Å². The quantitative estimate of drug-likeness (QED) is 0.209. The lowest BCUT2D eigenvalue weighted by atomic mass is 10.1. The number of furan rings is 1. The molecule has 0 saturated heterocycles. The molecule has 0 unspecified atom stereocenters. The maximum atomic E-state index is 9.36. The van der Waals surface area contributed by atoms with Crippen LogP contribution in [-0.4, -0.2) is 19.5 Å². The number of nitrogens with zero attached hydrogens (tertiary/aromatic N) is 4. The summed E-state index contributed by atoms with van der Waals surface area (Å²) < 4.78 is 113. The molecule has 0 aliphatic heterocycles. The Hall–Kier alpha value is -6.07. The van der Waals surface area contributed by atoms with E-state index in [4.69, 9.17) is 34.4 Å². The number of aromatic nitrogens is 4. The maximum Gasteiger partial charge on any atom is 0.167 e. The second kappa shape index (κ2) is 9.75. The van der Waals surface area contributed by atoms with Gasteiger partial charge in [0, 0.05) is 38.4 Å². The molecule has 0 spiro atoms. The molecule has 0 saturated carbocycles. The lowest BCUT2D eigenvalue weighted by Crippen LogP contribution is -2.02. The Morgan fingerprint density at radius 3 is 2.11 bits per heavy atom. The van der Waals surface area contributed by atoms with Gasteiger partial charge in [0.2, 0.25) is 0 Å². The highest BCUT2D eigenvalue weighted by molar-refractivity contribution is 6.13. The maximum absolute atomic E-state index is 9.36. The van der Waals surface area contributed by atoms with E-state index in [9.17, 15) is 1.37 Å². The van der Waals surface area contributed by atoms with Crippen molar-refractivity contribution in [2.75, 3.05) is 0 Å². The van der Waals surface area contributed by atoms with Gasteiger partial charge in [0.15, 0.2) is 17.5 Å². The van der Waals surface area contributed by atoms with Gasteiger partial charge >= 0.3 is 0 Å². The summed E-state index contributed by atoms with van der Waals surface area (Å²) in [5.74, 6) is 0.0295. The van der Waals surface area contributed by atoms with Crippen molar-refractivity contribution in [3.05, 3.63) is 145 Å². The molecule has 6 aromatic carbocycles. The molecule has 3 heterocycles. The fraction of sp³-hybridized carbons (Fsp3) is 0. The summed E-state index contributed by atoms with van der Waals surface area (Å²) in [7, 11) is 0. The standard InChI is InChI=1S/C39H24N4O/c1-3-13-25(14-4-1)37-40-38(42-39(41-37)32-22-12-20-30-28-18-8-10-24-34(28)44-36(30)32)31-21-11-19-29-27-17-7-9-23-33(27)43(35(29)31)26-15-5-2-6-16-26/h1-24H/i2D,5D,6D,7D,9D,11D,15D,16D,17D,19D,21D,23D. The van der Waals surface area contributed by atoms with Gasteiger partial charge in [-0.2, -0.15) is 0 Å². The van der Waals surface area contributed by atoms with Crippen LogP contribution in [0.25, 0.3) is 83.6 Å². The van der Waals surface area contributed by atoms with Crippen LogP contribution >= 0.6 is 0 Å². The SMILES string of the molecule is [2H]c1c([2H])c([2H])c(-n2c3c([2H])c([2H])c([2H])c([2H])c3c3c([2H])c([2H])c([2H])c(-c4nc(-c5ccccc5)nc(-c5cccc6c5oc5ccccc56)n4)c32)c([2H])c1[2H]. The molecular weight excluding hydrogens is 540 g/mol. The molecule has 0 N–H and O–H groups in total. The molecule has 5 nitrogen and oxygen atoms in total. The van der Waals surface area contributed by atoms with Gasteiger partial charge in [-0.1, -0.05) is 109 Å². The van der Waals surface area contributed by atoms with E-state index in [0.29, 0.717) is 22.3 Å². The zero-order valence-electron chi connectivity index (χ0n) is 34.6. The van der Waals surface area contributed by atoms with Crippen LogP contribution in [0.4, 0.5) is 0 Å². The number of benzene rings is 6. The zero-order chi connectivity index (χ0) is 39.5. The van der Waals surface area contributed by atoms with Crippen molar-refractivity contribution in [3.8, 4) is 39.9 Å². The number of hydrogen-bond donors (Lipinski definition) is 0. The first-order valence-corrected chi connectivity index (χ1v) is 13.7. The van der Waals surface area contributed by atoms with Crippen molar-refractivity contribution in [3.63, 3.8) is 0 Å². The molecule has 9 aromatic rings. The van der Waals surface area contributed by atoms with E-state index in [-0.39, 0.29) is 44.8 Å². The Kier molecular flexibility index (Phi) is 3.42. The third-order valence-corrected chi connectivity index (χ3v) is 7.46. The van der Waals surface area contributed by atoms with Crippen LogP contribution in [0.15, 0.2) is 150 Å². The third-order valence-electron chi connectivity index (χ3n) is 7.46. The van der Waals surface area contributed by atoms with E-state index >= 15 is 0 Å². The predicted molar refractivity (Wildman–Crippen MR) is 178 cm³/mol. The first kappa shape index (κ1) is 15.4. The second-order valence-corrected chi connectivity index (χ2v) is 9.96. The van der Waals surface area contributed by atoms with E-state index in [1.807, 2.05) is 42.5 Å². The normalized spacial score (nSPS) is 15.5. The average molecular weight is 577 g/mol. The van der Waals surface area contributed by atoms with Crippen LogP contribution in [0.5, 0.6) is 0 Å². The zero-order valence-corrected chi connectivity index (χ0v) is 22.6. The van der Waals surface area contributed by atoms with E-state index in [1.54, 1.807) is 30.3 Å². The highest BCUT2D eigenvalue weighted by Gasteiger charge is 2.21. The molecule has 0 amide bonds. The van der Waals surface area contributed by atoms with Gasteiger partial charge in [-0.3, -0.25) is 0 Å². The average Bonchev–Trinajstić information content (AvgIpc) is 3.77. The van der Waals surface area contributed by atoms with Gasteiger partial charge in [0.1, 0.15) is 11.2 Å². The topological polar surface area (TPSA) is 56.7 Å². The number of hydrogen-bond acceptors (Lipinski definition) is 4. The van der Waals surface area contributed by atoms with E-state index in [0.717, 1.165) is 15.3 Å². The molecule has 0 fully saturated rings. The molecular formula is C39H24N4O. The minimum Gasteiger partial charge on any atom is -0.455 e. The van der Waals surface area contributed by atoms with Crippen molar-refractivity contribution in [1.82, 2.24) is 19.5 Å². The van der Waals surface area contributed by atoms with Crippen molar-refractivity contribution < 1.29 is 20.9 Å². The summed E-state index contributed by atoms with van der Waals surface area (Å²) in [6.45, 7) is 0. The Balaban J connectivity index is 1.51. The lowest BCUT2D eigenvalue weighted by molar-refractivity contribution is 0.669. The second-order valence-electron chi connectivity index (χ2n) is 9.96. The van der Waals surface area contributed by atoms with Crippen LogP contribution in [0.2, 0.25) is 0 Å². The van der Waals surface area contributed by atoms with E-state index in [1.165, 1.54) is 0 Å². The minimum atomic E-state index is -0.722. The summed E-state index contributed by atoms with van der Waals surface area (Å²) in [5.41, 5.74) is 0.795. The fourth-order valence-corrected chi connectivity index (χ4v) is 5.56. The summed E-state index contributed by atoms with van der Waals surface area (Å²) in [5, 5.41) is 1.16. The van der Waals surface area contributed by atoms with Gasteiger partial charge < -0.3 is 8.98 Å².